The van der Waals surface area contributed by atoms with Gasteiger partial charge in [-0.2, -0.15) is 0 Å². The lowest BCUT2D eigenvalue weighted by Gasteiger charge is -2.27. The molecule has 0 bridgehead atoms. The number of hydrogen-bond acceptors (Lipinski definition) is 3. The molecule has 0 saturated carbocycles. The first-order valence-corrected chi connectivity index (χ1v) is 5.79. The van der Waals surface area contributed by atoms with Crippen LogP contribution in [0.25, 0.3) is 0 Å². The Bertz CT molecular complexity index is 417. The van der Waals surface area contributed by atoms with Crippen LogP contribution in [0.3, 0.4) is 0 Å². The van der Waals surface area contributed by atoms with Crippen LogP contribution in [0, 0.1) is 0 Å². The normalized spacial score (nSPS) is 12.2. The van der Waals surface area contributed by atoms with Crippen molar-refractivity contribution in [3.63, 3.8) is 0 Å². The summed E-state index contributed by atoms with van der Waals surface area (Å²) < 4.78 is 5.30. The summed E-state index contributed by atoms with van der Waals surface area (Å²) in [6.45, 7) is 6.12. The second-order valence-corrected chi connectivity index (χ2v) is 4.03. The van der Waals surface area contributed by atoms with Crippen molar-refractivity contribution in [1.29, 1.82) is 0 Å². The fourth-order valence-electron chi connectivity index (χ4n) is 1.91. The molecule has 4 heteroatoms. The molecule has 0 aliphatic rings. The lowest BCUT2D eigenvalue weighted by atomic mass is 10.1. The second-order valence-electron chi connectivity index (χ2n) is 4.03. The first-order chi connectivity index (χ1) is 8.60. The van der Waals surface area contributed by atoms with Crippen LogP contribution in [0.4, 0.5) is 0 Å². The van der Waals surface area contributed by atoms with E-state index in [0.29, 0.717) is 6.54 Å². The Labute approximate surface area is 107 Å². The average Bonchev–Trinajstić information content (AvgIpc) is 2.37. The summed E-state index contributed by atoms with van der Waals surface area (Å²) in [5, 5.41) is 8.93. The van der Waals surface area contributed by atoms with Crippen LogP contribution in [0.15, 0.2) is 36.9 Å². The Balaban J connectivity index is 2.96. The van der Waals surface area contributed by atoms with E-state index in [-0.39, 0.29) is 12.6 Å². The Morgan fingerprint density at radius 2 is 2.22 bits per heavy atom. The summed E-state index contributed by atoms with van der Waals surface area (Å²) in [6.07, 6.45) is 1.70. The van der Waals surface area contributed by atoms with Gasteiger partial charge in [0.05, 0.1) is 13.7 Å². The van der Waals surface area contributed by atoms with Crippen LogP contribution < -0.4 is 4.74 Å². The van der Waals surface area contributed by atoms with Crippen molar-refractivity contribution in [3.8, 4) is 5.75 Å². The molecule has 1 N–H and O–H groups in total. The Morgan fingerprint density at radius 1 is 1.56 bits per heavy atom. The van der Waals surface area contributed by atoms with E-state index in [1.165, 1.54) is 0 Å². The molecule has 1 aromatic carbocycles. The minimum atomic E-state index is -0.849. The van der Waals surface area contributed by atoms with Crippen LogP contribution in [-0.4, -0.2) is 36.2 Å². The van der Waals surface area contributed by atoms with Gasteiger partial charge in [-0.05, 0) is 13.0 Å². The van der Waals surface area contributed by atoms with Gasteiger partial charge in [-0.1, -0.05) is 24.3 Å². The summed E-state index contributed by atoms with van der Waals surface area (Å²) in [5.74, 6) is -0.0805. The van der Waals surface area contributed by atoms with Crippen LogP contribution in [0.2, 0.25) is 0 Å². The van der Waals surface area contributed by atoms with Gasteiger partial charge in [0.15, 0.2) is 0 Å². The van der Waals surface area contributed by atoms with Gasteiger partial charge in [0.25, 0.3) is 0 Å². The van der Waals surface area contributed by atoms with Crippen LogP contribution >= 0.6 is 0 Å². The van der Waals surface area contributed by atoms with E-state index in [0.717, 1.165) is 11.3 Å². The first-order valence-electron chi connectivity index (χ1n) is 5.79. The predicted molar refractivity (Wildman–Crippen MR) is 70.8 cm³/mol. The topological polar surface area (TPSA) is 49.8 Å². The van der Waals surface area contributed by atoms with Crippen molar-refractivity contribution in [2.75, 3.05) is 20.2 Å². The highest BCUT2D eigenvalue weighted by Gasteiger charge is 2.19. The molecule has 98 valence electrons. The fraction of sp³-hybridized carbons (Fsp3) is 0.357. The third-order valence-electron chi connectivity index (χ3n) is 2.84. The third kappa shape index (κ3) is 3.60. The summed E-state index contributed by atoms with van der Waals surface area (Å²) in [4.78, 5) is 12.7. The van der Waals surface area contributed by atoms with Gasteiger partial charge in [0.2, 0.25) is 0 Å². The first kappa shape index (κ1) is 14.3. The number of nitrogens with zero attached hydrogens (tertiary/aromatic N) is 1. The molecule has 0 amide bonds. The van der Waals surface area contributed by atoms with E-state index < -0.39 is 5.97 Å². The number of methoxy groups -OCH3 is 1. The highest BCUT2D eigenvalue weighted by Crippen LogP contribution is 2.28. The Hall–Kier alpha value is -1.81. The Morgan fingerprint density at radius 3 is 2.78 bits per heavy atom. The molecule has 0 radical (unpaired) electrons. The number of carbonyl (C=O) groups is 1. The lowest BCUT2D eigenvalue weighted by Crippen LogP contribution is -2.32. The van der Waals surface area contributed by atoms with Crippen LogP contribution in [0.1, 0.15) is 18.5 Å². The van der Waals surface area contributed by atoms with Gasteiger partial charge < -0.3 is 9.84 Å². The van der Waals surface area contributed by atoms with E-state index in [1.807, 2.05) is 36.1 Å². The van der Waals surface area contributed by atoms with Crippen molar-refractivity contribution < 1.29 is 14.6 Å². The number of ether oxygens (including phenoxy) is 1. The minimum absolute atomic E-state index is 0.0226. The SMILES string of the molecule is C=CCN(CC(=O)O)C(C)c1ccccc1OC. The van der Waals surface area contributed by atoms with E-state index in [1.54, 1.807) is 13.2 Å². The number of aliphatic carboxylic acids is 1. The van der Waals surface area contributed by atoms with Crippen LogP contribution in [-0.2, 0) is 4.79 Å². The number of hydrogen-bond donors (Lipinski definition) is 1. The number of rotatable bonds is 7. The number of para-hydroxylation sites is 1. The van der Waals surface area contributed by atoms with Crippen LogP contribution in [0.5, 0.6) is 5.75 Å². The second kappa shape index (κ2) is 6.81. The maximum atomic E-state index is 10.9. The molecule has 0 aliphatic carbocycles. The number of benzene rings is 1. The average molecular weight is 249 g/mol. The van der Waals surface area contributed by atoms with Gasteiger partial charge in [-0.25, -0.2) is 0 Å². The zero-order chi connectivity index (χ0) is 13.5. The van der Waals surface area contributed by atoms with Crippen molar-refractivity contribution in [3.05, 3.63) is 42.5 Å². The molecule has 0 heterocycles. The quantitative estimate of drug-likeness (QED) is 0.753. The molecule has 1 rings (SSSR count). The van der Waals surface area contributed by atoms with Crippen molar-refractivity contribution in [2.45, 2.75) is 13.0 Å². The molecular formula is C14H19NO3. The highest BCUT2D eigenvalue weighted by atomic mass is 16.5. The van der Waals surface area contributed by atoms with Gasteiger partial charge >= 0.3 is 5.97 Å². The highest BCUT2D eigenvalue weighted by molar-refractivity contribution is 5.69. The lowest BCUT2D eigenvalue weighted by molar-refractivity contribution is -0.138. The minimum Gasteiger partial charge on any atom is -0.496 e. The molecule has 18 heavy (non-hydrogen) atoms. The molecule has 0 spiro atoms. The van der Waals surface area contributed by atoms with Gasteiger partial charge in [0, 0.05) is 18.2 Å². The van der Waals surface area contributed by atoms with Crippen molar-refractivity contribution in [2.24, 2.45) is 0 Å². The fourth-order valence-corrected chi connectivity index (χ4v) is 1.91. The molecule has 1 aromatic rings. The standard InChI is InChI=1S/C14H19NO3/c1-4-9-15(10-14(16)17)11(2)12-7-5-6-8-13(12)18-3/h4-8,11H,1,9-10H2,2-3H3,(H,16,17). The Kier molecular flexibility index (Phi) is 5.39. The number of carboxylic acids is 1. The van der Waals surface area contributed by atoms with E-state index in [4.69, 9.17) is 9.84 Å². The zero-order valence-electron chi connectivity index (χ0n) is 10.8. The predicted octanol–water partition coefficient (Wildman–Crippen LogP) is 2.33. The molecule has 0 aromatic heterocycles. The zero-order valence-corrected chi connectivity index (χ0v) is 10.8. The maximum absolute atomic E-state index is 10.9. The number of carboxylic acid groups (broad SMARTS) is 1. The van der Waals surface area contributed by atoms with Crippen molar-refractivity contribution >= 4 is 5.97 Å². The molecule has 0 aliphatic heterocycles. The van der Waals surface area contributed by atoms with Gasteiger partial charge in [0.1, 0.15) is 5.75 Å². The van der Waals surface area contributed by atoms with Gasteiger partial charge in [-0.3, -0.25) is 9.69 Å². The summed E-state index contributed by atoms with van der Waals surface area (Å²) in [6, 6.07) is 7.58. The molecule has 1 atom stereocenters. The smallest absolute Gasteiger partial charge is 0.317 e. The maximum Gasteiger partial charge on any atom is 0.317 e. The van der Waals surface area contributed by atoms with E-state index in [2.05, 4.69) is 6.58 Å². The van der Waals surface area contributed by atoms with Gasteiger partial charge in [-0.15, -0.1) is 6.58 Å². The third-order valence-corrected chi connectivity index (χ3v) is 2.84. The summed E-state index contributed by atoms with van der Waals surface area (Å²) in [7, 11) is 1.61. The molecule has 0 fully saturated rings. The monoisotopic (exact) mass is 249 g/mol. The largest absolute Gasteiger partial charge is 0.496 e. The molecular weight excluding hydrogens is 230 g/mol. The molecule has 0 saturated heterocycles. The summed E-state index contributed by atoms with van der Waals surface area (Å²) in [5.41, 5.74) is 0.975. The summed E-state index contributed by atoms with van der Waals surface area (Å²) >= 11 is 0. The van der Waals surface area contributed by atoms with Crippen molar-refractivity contribution in [1.82, 2.24) is 4.90 Å². The van der Waals surface area contributed by atoms with E-state index >= 15 is 0 Å². The molecule has 4 nitrogen and oxygen atoms in total. The molecule has 1 unspecified atom stereocenters. The van der Waals surface area contributed by atoms with E-state index in [9.17, 15) is 4.79 Å².